The number of nitrogens with zero attached hydrogens (tertiary/aromatic N) is 3. The van der Waals surface area contributed by atoms with Gasteiger partial charge < -0.3 is 19.1 Å². The van der Waals surface area contributed by atoms with E-state index in [1.54, 1.807) is 24.4 Å². The third-order valence-electron chi connectivity index (χ3n) is 4.96. The largest absolute Gasteiger partial charge is 0.392 e. The number of anilines is 1. The SMILES string of the molecule is OCc1cccc(N2CCC(OCc3ccn4ccnc4c3)CC2)c1F. The van der Waals surface area contributed by atoms with Gasteiger partial charge in [-0.05, 0) is 36.6 Å². The maximum Gasteiger partial charge on any atom is 0.151 e. The standard InChI is InChI=1S/C20H22FN3O2/c21-20-16(13-25)2-1-3-18(20)23-9-5-17(6-10-23)26-14-15-4-8-24-11-7-22-19(24)12-15/h1-4,7-8,11-12,17,25H,5-6,9-10,13-14H2. The molecule has 5 nitrogen and oxygen atoms in total. The zero-order valence-electron chi connectivity index (χ0n) is 14.5. The van der Waals surface area contributed by atoms with Crippen molar-refractivity contribution in [2.45, 2.75) is 32.2 Å². The van der Waals surface area contributed by atoms with Gasteiger partial charge in [0, 0.05) is 37.2 Å². The first kappa shape index (κ1) is 17.0. The van der Waals surface area contributed by atoms with Crippen LogP contribution in [0.5, 0.6) is 0 Å². The van der Waals surface area contributed by atoms with Crippen molar-refractivity contribution in [3.8, 4) is 0 Å². The van der Waals surface area contributed by atoms with Crippen LogP contribution in [0.25, 0.3) is 5.65 Å². The molecule has 3 heterocycles. The van der Waals surface area contributed by atoms with Gasteiger partial charge in [-0.25, -0.2) is 9.37 Å². The number of aromatic nitrogens is 2. The average molecular weight is 355 g/mol. The highest BCUT2D eigenvalue weighted by Crippen LogP contribution is 2.26. The van der Waals surface area contributed by atoms with E-state index in [-0.39, 0.29) is 18.5 Å². The van der Waals surface area contributed by atoms with E-state index < -0.39 is 0 Å². The van der Waals surface area contributed by atoms with Crippen LogP contribution in [0.2, 0.25) is 0 Å². The normalized spacial score (nSPS) is 15.7. The zero-order valence-corrected chi connectivity index (χ0v) is 14.5. The number of piperidine rings is 1. The summed E-state index contributed by atoms with van der Waals surface area (Å²) in [6, 6.07) is 9.25. The Morgan fingerprint density at radius 1 is 1.19 bits per heavy atom. The number of benzene rings is 1. The second-order valence-electron chi connectivity index (χ2n) is 6.63. The molecule has 1 aliphatic heterocycles. The lowest BCUT2D eigenvalue weighted by molar-refractivity contribution is 0.0250. The number of hydrogen-bond acceptors (Lipinski definition) is 4. The van der Waals surface area contributed by atoms with Crippen molar-refractivity contribution in [2.75, 3.05) is 18.0 Å². The Labute approximate surface area is 151 Å². The van der Waals surface area contributed by atoms with Crippen LogP contribution in [-0.2, 0) is 18.0 Å². The van der Waals surface area contributed by atoms with Gasteiger partial charge >= 0.3 is 0 Å². The highest BCUT2D eigenvalue weighted by atomic mass is 19.1. The van der Waals surface area contributed by atoms with E-state index >= 15 is 0 Å². The number of hydrogen-bond donors (Lipinski definition) is 1. The number of rotatable bonds is 5. The maximum absolute atomic E-state index is 14.4. The van der Waals surface area contributed by atoms with Crippen molar-refractivity contribution in [3.05, 3.63) is 65.9 Å². The summed E-state index contributed by atoms with van der Waals surface area (Å²) < 4.78 is 22.4. The van der Waals surface area contributed by atoms with Crippen LogP contribution < -0.4 is 4.90 Å². The summed E-state index contributed by atoms with van der Waals surface area (Å²) in [5.74, 6) is -0.317. The van der Waals surface area contributed by atoms with Crippen molar-refractivity contribution in [2.24, 2.45) is 0 Å². The van der Waals surface area contributed by atoms with Gasteiger partial charge in [0.15, 0.2) is 5.82 Å². The van der Waals surface area contributed by atoms with Gasteiger partial charge in [-0.15, -0.1) is 0 Å². The second-order valence-corrected chi connectivity index (χ2v) is 6.63. The number of ether oxygens (including phenoxy) is 1. The Bertz CT molecular complexity index is 888. The first-order valence-electron chi connectivity index (χ1n) is 8.91. The molecule has 0 unspecified atom stereocenters. The molecule has 1 N–H and O–H groups in total. The predicted molar refractivity (Wildman–Crippen MR) is 97.5 cm³/mol. The lowest BCUT2D eigenvalue weighted by atomic mass is 10.1. The van der Waals surface area contributed by atoms with Gasteiger partial charge in [-0.1, -0.05) is 12.1 Å². The van der Waals surface area contributed by atoms with E-state index in [0.717, 1.165) is 37.1 Å². The molecule has 0 aliphatic carbocycles. The molecule has 1 fully saturated rings. The topological polar surface area (TPSA) is 50.0 Å². The Morgan fingerprint density at radius 2 is 2.04 bits per heavy atom. The minimum atomic E-state index is -0.317. The van der Waals surface area contributed by atoms with Crippen molar-refractivity contribution < 1.29 is 14.2 Å². The number of aliphatic hydroxyl groups is 1. The van der Waals surface area contributed by atoms with E-state index in [1.165, 1.54) is 0 Å². The third kappa shape index (κ3) is 3.43. The fraction of sp³-hybridized carbons (Fsp3) is 0.350. The van der Waals surface area contributed by atoms with E-state index in [2.05, 4.69) is 4.98 Å². The molecule has 0 atom stereocenters. The van der Waals surface area contributed by atoms with Crippen molar-refractivity contribution in [1.29, 1.82) is 0 Å². The Morgan fingerprint density at radius 3 is 2.85 bits per heavy atom. The Balaban J connectivity index is 1.33. The molecule has 4 rings (SSSR count). The summed E-state index contributed by atoms with van der Waals surface area (Å²) in [6.45, 7) is 1.77. The molecule has 26 heavy (non-hydrogen) atoms. The van der Waals surface area contributed by atoms with Crippen LogP contribution in [0, 0.1) is 5.82 Å². The average Bonchev–Trinajstić information content (AvgIpc) is 3.15. The summed E-state index contributed by atoms with van der Waals surface area (Å²) in [4.78, 5) is 6.32. The summed E-state index contributed by atoms with van der Waals surface area (Å²) in [6.07, 6.45) is 7.57. The summed E-state index contributed by atoms with van der Waals surface area (Å²) in [7, 11) is 0. The van der Waals surface area contributed by atoms with Crippen LogP contribution in [0.3, 0.4) is 0 Å². The molecular weight excluding hydrogens is 333 g/mol. The summed E-state index contributed by atoms with van der Waals surface area (Å²) in [5, 5.41) is 9.23. The molecule has 1 saturated heterocycles. The van der Waals surface area contributed by atoms with Crippen molar-refractivity contribution in [1.82, 2.24) is 9.38 Å². The number of halogens is 1. The molecule has 1 aliphatic rings. The predicted octanol–water partition coefficient (Wildman–Crippen LogP) is 3.15. The number of fused-ring (bicyclic) bond motifs is 1. The van der Waals surface area contributed by atoms with Gasteiger partial charge in [0.25, 0.3) is 0 Å². The van der Waals surface area contributed by atoms with Gasteiger partial charge in [0.2, 0.25) is 0 Å². The molecule has 0 saturated carbocycles. The maximum atomic E-state index is 14.4. The molecule has 3 aromatic rings. The zero-order chi connectivity index (χ0) is 17.9. The van der Waals surface area contributed by atoms with Gasteiger partial charge in [0.05, 0.1) is 25.0 Å². The van der Waals surface area contributed by atoms with Crippen LogP contribution in [0.1, 0.15) is 24.0 Å². The molecule has 1 aromatic carbocycles. The Hall–Kier alpha value is -2.44. The van der Waals surface area contributed by atoms with Crippen LogP contribution in [-0.4, -0.2) is 33.7 Å². The fourth-order valence-corrected chi connectivity index (χ4v) is 3.45. The van der Waals surface area contributed by atoms with E-state index in [1.807, 2.05) is 33.8 Å². The highest BCUT2D eigenvalue weighted by Gasteiger charge is 2.22. The summed E-state index contributed by atoms with van der Waals surface area (Å²) >= 11 is 0. The number of imidazole rings is 1. The van der Waals surface area contributed by atoms with Crippen molar-refractivity contribution >= 4 is 11.3 Å². The third-order valence-corrected chi connectivity index (χ3v) is 4.96. The molecule has 2 aromatic heterocycles. The highest BCUT2D eigenvalue weighted by molar-refractivity contribution is 5.50. The monoisotopic (exact) mass is 355 g/mol. The van der Waals surface area contributed by atoms with E-state index in [4.69, 9.17) is 4.74 Å². The molecule has 6 heteroatoms. The van der Waals surface area contributed by atoms with Gasteiger partial charge in [-0.3, -0.25) is 0 Å². The second kappa shape index (κ2) is 7.43. The molecule has 0 amide bonds. The lowest BCUT2D eigenvalue weighted by Crippen LogP contribution is -2.37. The van der Waals surface area contributed by atoms with E-state index in [9.17, 15) is 9.50 Å². The molecule has 0 spiro atoms. The first-order valence-corrected chi connectivity index (χ1v) is 8.91. The fourth-order valence-electron chi connectivity index (χ4n) is 3.45. The van der Waals surface area contributed by atoms with E-state index in [0.29, 0.717) is 17.9 Å². The minimum absolute atomic E-state index is 0.173. The van der Waals surface area contributed by atoms with Crippen LogP contribution >= 0.6 is 0 Å². The lowest BCUT2D eigenvalue weighted by Gasteiger charge is -2.34. The van der Waals surface area contributed by atoms with Gasteiger partial charge in [0.1, 0.15) is 5.65 Å². The van der Waals surface area contributed by atoms with Crippen LogP contribution in [0.4, 0.5) is 10.1 Å². The number of pyridine rings is 1. The minimum Gasteiger partial charge on any atom is -0.392 e. The quantitative estimate of drug-likeness (QED) is 0.764. The number of aliphatic hydroxyl groups excluding tert-OH is 1. The van der Waals surface area contributed by atoms with Crippen LogP contribution in [0.15, 0.2) is 48.9 Å². The molecule has 0 radical (unpaired) electrons. The van der Waals surface area contributed by atoms with Crippen molar-refractivity contribution in [3.63, 3.8) is 0 Å². The first-order chi connectivity index (χ1) is 12.7. The van der Waals surface area contributed by atoms with Gasteiger partial charge in [-0.2, -0.15) is 0 Å². The Kier molecular flexibility index (Phi) is 4.86. The molecule has 136 valence electrons. The molecular formula is C20H22FN3O2. The summed E-state index contributed by atoms with van der Waals surface area (Å²) in [5.41, 5.74) is 2.93. The molecule has 0 bridgehead atoms. The smallest absolute Gasteiger partial charge is 0.151 e.